The first-order chi connectivity index (χ1) is 7.07. The van der Waals surface area contributed by atoms with E-state index in [1.54, 1.807) is 38.1 Å². The number of imide groups is 1. The molecular formula is C11H13NO3. The number of anilines is 1. The first-order valence-electron chi connectivity index (χ1n) is 4.69. The molecule has 0 saturated heterocycles. The van der Waals surface area contributed by atoms with Gasteiger partial charge in [0, 0.05) is 6.42 Å². The highest BCUT2D eigenvalue weighted by Gasteiger charge is 2.22. The molecule has 0 saturated carbocycles. The summed E-state index contributed by atoms with van der Waals surface area (Å²) in [5.74, 6) is -0.420. The molecule has 0 radical (unpaired) electrons. The van der Waals surface area contributed by atoms with Gasteiger partial charge in [-0.3, -0.25) is 4.79 Å². The van der Waals surface area contributed by atoms with Crippen molar-refractivity contribution in [1.82, 2.24) is 0 Å². The second-order valence-corrected chi connectivity index (χ2v) is 3.15. The van der Waals surface area contributed by atoms with Crippen LogP contribution in [0.1, 0.15) is 18.9 Å². The van der Waals surface area contributed by atoms with Gasteiger partial charge < -0.3 is 5.11 Å². The second-order valence-electron chi connectivity index (χ2n) is 3.15. The fourth-order valence-electron chi connectivity index (χ4n) is 1.32. The number of carbonyl (C=O) groups excluding carboxylic acids is 1. The van der Waals surface area contributed by atoms with Gasteiger partial charge >= 0.3 is 6.09 Å². The molecule has 4 heteroatoms. The van der Waals surface area contributed by atoms with Crippen LogP contribution in [0.25, 0.3) is 0 Å². The fraction of sp³-hybridized carbons (Fsp3) is 0.273. The van der Waals surface area contributed by atoms with Gasteiger partial charge in [0.1, 0.15) is 0 Å². The summed E-state index contributed by atoms with van der Waals surface area (Å²) in [6.07, 6.45) is -1.07. The molecule has 80 valence electrons. The van der Waals surface area contributed by atoms with Crippen LogP contribution in [0.4, 0.5) is 10.5 Å². The molecule has 0 spiro atoms. The monoisotopic (exact) mass is 207 g/mol. The number of nitrogens with zero attached hydrogens (tertiary/aromatic N) is 1. The molecule has 0 unspecified atom stereocenters. The fourth-order valence-corrected chi connectivity index (χ4v) is 1.32. The summed E-state index contributed by atoms with van der Waals surface area (Å²) in [4.78, 5) is 23.2. The normalized spacial score (nSPS) is 9.73. The van der Waals surface area contributed by atoms with Gasteiger partial charge in [-0.25, -0.2) is 9.69 Å². The Labute approximate surface area is 88.1 Å². The predicted octanol–water partition coefficient (Wildman–Crippen LogP) is 2.42. The Bertz CT molecular complexity index is 387. The molecule has 2 amide bonds. The van der Waals surface area contributed by atoms with Gasteiger partial charge in [0.2, 0.25) is 5.91 Å². The lowest BCUT2D eigenvalue weighted by atomic mass is 10.2. The van der Waals surface area contributed by atoms with Crippen molar-refractivity contribution in [1.29, 1.82) is 0 Å². The van der Waals surface area contributed by atoms with Gasteiger partial charge in [0.05, 0.1) is 5.69 Å². The predicted molar refractivity (Wildman–Crippen MR) is 57.0 cm³/mol. The van der Waals surface area contributed by atoms with E-state index < -0.39 is 12.0 Å². The highest BCUT2D eigenvalue weighted by Crippen LogP contribution is 2.20. The Kier molecular flexibility index (Phi) is 3.44. The molecule has 15 heavy (non-hydrogen) atoms. The zero-order valence-corrected chi connectivity index (χ0v) is 8.73. The zero-order chi connectivity index (χ0) is 11.4. The number of para-hydroxylation sites is 1. The molecule has 0 aliphatic heterocycles. The average molecular weight is 207 g/mol. The van der Waals surface area contributed by atoms with Crippen LogP contribution >= 0.6 is 0 Å². The lowest BCUT2D eigenvalue weighted by molar-refractivity contribution is -0.117. The molecule has 0 bridgehead atoms. The Morgan fingerprint density at radius 2 is 1.93 bits per heavy atom. The third kappa shape index (κ3) is 2.34. The molecule has 0 aliphatic carbocycles. The summed E-state index contributed by atoms with van der Waals surface area (Å²) in [5.41, 5.74) is 1.19. The first kappa shape index (κ1) is 11.2. The van der Waals surface area contributed by atoms with Crippen LogP contribution in [0.3, 0.4) is 0 Å². The van der Waals surface area contributed by atoms with Crippen molar-refractivity contribution in [2.75, 3.05) is 4.90 Å². The quantitative estimate of drug-likeness (QED) is 0.810. The minimum Gasteiger partial charge on any atom is -0.464 e. The maximum Gasteiger partial charge on any atom is 0.418 e. The number of rotatable bonds is 2. The number of amides is 2. The smallest absolute Gasteiger partial charge is 0.418 e. The minimum absolute atomic E-state index is 0.167. The van der Waals surface area contributed by atoms with Crippen LogP contribution in [0, 0.1) is 6.92 Å². The molecular weight excluding hydrogens is 194 g/mol. The van der Waals surface area contributed by atoms with Gasteiger partial charge in [-0.1, -0.05) is 25.1 Å². The van der Waals surface area contributed by atoms with E-state index in [0.717, 1.165) is 10.5 Å². The summed E-state index contributed by atoms with van der Waals surface area (Å²) in [6, 6.07) is 6.90. The van der Waals surface area contributed by atoms with Crippen molar-refractivity contribution >= 4 is 17.7 Å². The van der Waals surface area contributed by atoms with Gasteiger partial charge in [-0.05, 0) is 18.6 Å². The van der Waals surface area contributed by atoms with Gasteiger partial charge in [-0.15, -0.1) is 0 Å². The van der Waals surface area contributed by atoms with Gasteiger partial charge in [-0.2, -0.15) is 0 Å². The van der Waals surface area contributed by atoms with Gasteiger partial charge in [0.25, 0.3) is 0 Å². The summed E-state index contributed by atoms with van der Waals surface area (Å²) in [6.45, 7) is 3.41. The summed E-state index contributed by atoms with van der Waals surface area (Å²) in [7, 11) is 0. The summed E-state index contributed by atoms with van der Waals surface area (Å²) in [5, 5.41) is 8.96. The molecule has 1 aromatic rings. The van der Waals surface area contributed by atoms with E-state index in [0.29, 0.717) is 5.69 Å². The van der Waals surface area contributed by atoms with Crippen LogP contribution in [-0.4, -0.2) is 17.1 Å². The standard InChI is InChI=1S/C11H13NO3/c1-3-10(13)12(11(14)15)9-7-5-4-6-8(9)2/h4-7H,3H2,1-2H3,(H,14,15). The number of carbonyl (C=O) groups is 2. The molecule has 0 aromatic heterocycles. The largest absolute Gasteiger partial charge is 0.464 e. The number of aryl methyl sites for hydroxylation is 1. The Hall–Kier alpha value is -1.84. The molecule has 1 N–H and O–H groups in total. The van der Waals surface area contributed by atoms with E-state index >= 15 is 0 Å². The molecule has 0 atom stereocenters. The van der Waals surface area contributed by atoms with Crippen LogP contribution in [-0.2, 0) is 4.79 Å². The van der Waals surface area contributed by atoms with Crippen molar-refractivity contribution in [2.24, 2.45) is 0 Å². The van der Waals surface area contributed by atoms with Crippen LogP contribution < -0.4 is 4.90 Å². The SMILES string of the molecule is CCC(=O)N(C(=O)O)c1ccccc1C. The Balaban J connectivity index is 3.16. The third-order valence-corrected chi connectivity index (χ3v) is 2.10. The van der Waals surface area contributed by atoms with Crippen molar-refractivity contribution in [3.63, 3.8) is 0 Å². The van der Waals surface area contributed by atoms with Gasteiger partial charge in [0.15, 0.2) is 0 Å². The Morgan fingerprint density at radius 3 is 2.40 bits per heavy atom. The first-order valence-corrected chi connectivity index (χ1v) is 4.69. The lowest BCUT2D eigenvalue weighted by Gasteiger charge is -2.18. The summed E-state index contributed by atoms with van der Waals surface area (Å²) >= 11 is 0. The molecule has 1 rings (SSSR count). The maximum absolute atomic E-state index is 11.5. The Morgan fingerprint density at radius 1 is 1.33 bits per heavy atom. The zero-order valence-electron chi connectivity index (χ0n) is 8.73. The molecule has 1 aromatic carbocycles. The minimum atomic E-state index is -1.24. The molecule has 4 nitrogen and oxygen atoms in total. The van der Waals surface area contributed by atoms with Crippen LogP contribution in [0.5, 0.6) is 0 Å². The average Bonchev–Trinajstić information content (AvgIpc) is 2.20. The highest BCUT2D eigenvalue weighted by atomic mass is 16.4. The van der Waals surface area contributed by atoms with E-state index in [4.69, 9.17) is 5.11 Å². The topological polar surface area (TPSA) is 57.6 Å². The number of hydrogen-bond donors (Lipinski definition) is 1. The van der Waals surface area contributed by atoms with Crippen LogP contribution in [0.15, 0.2) is 24.3 Å². The van der Waals surface area contributed by atoms with E-state index in [1.807, 2.05) is 0 Å². The molecule has 0 heterocycles. The number of benzene rings is 1. The third-order valence-electron chi connectivity index (χ3n) is 2.10. The van der Waals surface area contributed by atoms with Crippen molar-refractivity contribution in [3.8, 4) is 0 Å². The maximum atomic E-state index is 11.5. The second kappa shape index (κ2) is 4.59. The van der Waals surface area contributed by atoms with Crippen molar-refractivity contribution < 1.29 is 14.7 Å². The van der Waals surface area contributed by atoms with E-state index in [2.05, 4.69) is 0 Å². The van der Waals surface area contributed by atoms with E-state index in [9.17, 15) is 9.59 Å². The molecule has 0 fully saturated rings. The number of hydrogen-bond acceptors (Lipinski definition) is 2. The van der Waals surface area contributed by atoms with E-state index in [1.165, 1.54) is 0 Å². The highest BCUT2D eigenvalue weighted by molar-refractivity contribution is 6.11. The molecule has 0 aliphatic rings. The van der Waals surface area contributed by atoms with E-state index in [-0.39, 0.29) is 6.42 Å². The lowest BCUT2D eigenvalue weighted by Crippen LogP contribution is -2.35. The van der Waals surface area contributed by atoms with Crippen LogP contribution in [0.2, 0.25) is 0 Å². The number of carboxylic acid groups (broad SMARTS) is 1. The van der Waals surface area contributed by atoms with Crippen molar-refractivity contribution in [2.45, 2.75) is 20.3 Å². The summed E-state index contributed by atoms with van der Waals surface area (Å²) < 4.78 is 0. The van der Waals surface area contributed by atoms with Crippen molar-refractivity contribution in [3.05, 3.63) is 29.8 Å².